The largest absolute Gasteiger partial charge is 0.376 e. The van der Waals surface area contributed by atoms with Gasteiger partial charge in [0.1, 0.15) is 0 Å². The molecule has 0 atom stereocenters. The number of allylic oxidation sites excluding steroid dienone is 2. The first-order valence-corrected chi connectivity index (χ1v) is 16.0. The number of pyridine rings is 1. The van der Waals surface area contributed by atoms with E-state index in [1.807, 2.05) is 6.20 Å². The van der Waals surface area contributed by atoms with Crippen LogP contribution in [0, 0.1) is 6.92 Å². The number of benzene rings is 5. The minimum absolute atomic E-state index is 0.0566. The highest BCUT2D eigenvalue weighted by atomic mass is 15.4. The van der Waals surface area contributed by atoms with Crippen LogP contribution in [0.25, 0.3) is 33.5 Å². The summed E-state index contributed by atoms with van der Waals surface area (Å²) in [5.41, 5.74) is 18.5. The number of hydrogen-bond donors (Lipinski definition) is 0. The average Bonchev–Trinajstić information content (AvgIpc) is 3.41. The predicted molar refractivity (Wildman–Crippen MR) is 194 cm³/mol. The zero-order valence-corrected chi connectivity index (χ0v) is 26.3. The third-order valence-corrected chi connectivity index (χ3v) is 10.1. The Hall–Kier alpha value is -5.55. The van der Waals surface area contributed by atoms with E-state index in [9.17, 15) is 0 Å². The van der Waals surface area contributed by atoms with Crippen LogP contribution >= 0.6 is 0 Å². The number of aromatic nitrogens is 1. The minimum atomic E-state index is 0.0566. The van der Waals surface area contributed by atoms with Gasteiger partial charge in [-0.05, 0) is 90.9 Å². The van der Waals surface area contributed by atoms with Crippen molar-refractivity contribution in [3.63, 3.8) is 0 Å². The second kappa shape index (κ2) is 10.2. The Morgan fingerprint density at radius 1 is 0.543 bits per heavy atom. The fourth-order valence-electron chi connectivity index (χ4n) is 7.64. The second-order valence-electron chi connectivity index (χ2n) is 12.6. The maximum atomic E-state index is 4.77. The normalized spacial score (nSPS) is 14.5. The molecule has 0 saturated carbocycles. The molecule has 4 heterocycles. The molecule has 5 aromatic carbocycles. The highest BCUT2D eigenvalue weighted by Gasteiger charge is 2.42. The smallest absolute Gasteiger partial charge is 0.329 e. The fraction of sp³-hybridized carbons (Fsp3) is 0.0976. The van der Waals surface area contributed by atoms with Gasteiger partial charge in [0.05, 0.1) is 12.4 Å². The monoisotopic (exact) mass is 592 g/mol. The molecule has 9 rings (SSSR count). The topological polar surface area (TPSA) is 22.6 Å². The predicted octanol–water partition coefficient (Wildman–Crippen LogP) is 8.50. The van der Waals surface area contributed by atoms with Crippen LogP contribution < -0.4 is 25.5 Å². The summed E-state index contributed by atoms with van der Waals surface area (Å²) in [6.07, 6.45) is 1.91. The summed E-state index contributed by atoms with van der Waals surface area (Å²) in [4.78, 5) is 12.2. The van der Waals surface area contributed by atoms with Gasteiger partial charge in [-0.1, -0.05) is 84.9 Å². The Morgan fingerprint density at radius 2 is 1.15 bits per heavy atom. The summed E-state index contributed by atoms with van der Waals surface area (Å²) in [6, 6.07) is 46.7. The summed E-state index contributed by atoms with van der Waals surface area (Å²) in [5.74, 6) is 0. The van der Waals surface area contributed by atoms with E-state index in [-0.39, 0.29) is 6.85 Å². The summed E-state index contributed by atoms with van der Waals surface area (Å²) in [5, 5.41) is 0. The number of para-hydroxylation sites is 1. The number of fused-ring (bicyclic) bond motifs is 11. The molecule has 6 aromatic rings. The molecule has 0 spiro atoms. The van der Waals surface area contributed by atoms with Crippen molar-refractivity contribution in [2.45, 2.75) is 20.8 Å². The zero-order valence-electron chi connectivity index (χ0n) is 26.3. The Balaban J connectivity index is 1.25. The van der Waals surface area contributed by atoms with Crippen molar-refractivity contribution in [2.24, 2.45) is 0 Å². The van der Waals surface area contributed by atoms with Crippen LogP contribution in [0.15, 0.2) is 145 Å². The van der Waals surface area contributed by atoms with E-state index >= 15 is 0 Å². The lowest BCUT2D eigenvalue weighted by molar-refractivity contribution is 0.938. The van der Waals surface area contributed by atoms with E-state index in [1.165, 1.54) is 72.9 Å². The van der Waals surface area contributed by atoms with Gasteiger partial charge in [0.15, 0.2) is 0 Å². The van der Waals surface area contributed by atoms with Gasteiger partial charge in [-0.15, -0.1) is 0 Å². The fourth-order valence-corrected chi connectivity index (χ4v) is 7.64. The first-order chi connectivity index (χ1) is 22.6. The van der Waals surface area contributed by atoms with Crippen molar-refractivity contribution in [1.29, 1.82) is 0 Å². The van der Waals surface area contributed by atoms with E-state index in [0.29, 0.717) is 0 Å². The highest BCUT2D eigenvalue weighted by Crippen LogP contribution is 2.48. The number of rotatable bonds is 3. The first-order valence-electron chi connectivity index (χ1n) is 16.0. The van der Waals surface area contributed by atoms with Gasteiger partial charge >= 0.3 is 6.85 Å². The number of nitrogens with zero attached hydrogens (tertiary/aromatic N) is 4. The van der Waals surface area contributed by atoms with Crippen molar-refractivity contribution < 1.29 is 0 Å². The van der Waals surface area contributed by atoms with Crippen LogP contribution in [-0.4, -0.2) is 18.5 Å². The van der Waals surface area contributed by atoms with Gasteiger partial charge < -0.3 is 14.6 Å². The summed E-state index contributed by atoms with van der Waals surface area (Å²) in [6.45, 7) is 7.43. The Morgan fingerprint density at radius 3 is 1.85 bits per heavy atom. The van der Waals surface area contributed by atoms with Crippen LogP contribution in [0.5, 0.6) is 0 Å². The Kier molecular flexibility index (Phi) is 5.98. The van der Waals surface area contributed by atoms with Gasteiger partial charge in [0.25, 0.3) is 0 Å². The standard InChI is InChI=1S/C41H33BN4/c1-27-21-22-43-39(23-27)30-17-19-35-33-13-7-9-15-37(33)42-38-16-10-8-14-34(38)36-20-18-32(25-41(36)46(42)40(35)24-30)45-26-44(28(2)29(45)3)31-11-5-4-6-12-31/h4-25H,26H2,1-3H3. The zero-order chi connectivity index (χ0) is 30.9. The molecule has 1 aromatic heterocycles. The van der Waals surface area contributed by atoms with E-state index in [1.54, 1.807) is 0 Å². The van der Waals surface area contributed by atoms with Crippen molar-refractivity contribution in [1.82, 2.24) is 4.98 Å². The second-order valence-corrected chi connectivity index (χ2v) is 12.6. The van der Waals surface area contributed by atoms with Crippen molar-refractivity contribution in [2.75, 3.05) is 21.3 Å². The highest BCUT2D eigenvalue weighted by molar-refractivity contribution is 6.92. The molecule has 3 aliphatic rings. The molecular formula is C41H33BN4. The molecule has 3 aliphatic heterocycles. The average molecular weight is 593 g/mol. The van der Waals surface area contributed by atoms with Crippen LogP contribution in [-0.2, 0) is 0 Å². The molecule has 0 N–H and O–H groups in total. The molecule has 0 radical (unpaired) electrons. The maximum absolute atomic E-state index is 4.77. The van der Waals surface area contributed by atoms with Crippen molar-refractivity contribution in [3.05, 3.63) is 151 Å². The quantitative estimate of drug-likeness (QED) is 0.192. The molecule has 0 saturated heterocycles. The molecule has 5 heteroatoms. The van der Waals surface area contributed by atoms with E-state index < -0.39 is 0 Å². The van der Waals surface area contributed by atoms with Gasteiger partial charge in [0, 0.05) is 57.0 Å². The van der Waals surface area contributed by atoms with E-state index in [0.717, 1.165) is 17.9 Å². The Bertz CT molecular complexity index is 2200. The molecule has 0 unspecified atom stereocenters. The van der Waals surface area contributed by atoms with Crippen molar-refractivity contribution >= 4 is 40.5 Å². The lowest BCUT2D eigenvalue weighted by Gasteiger charge is -2.44. The number of anilines is 4. The van der Waals surface area contributed by atoms with Gasteiger partial charge in [-0.2, -0.15) is 0 Å². The molecular weight excluding hydrogens is 559 g/mol. The molecule has 46 heavy (non-hydrogen) atoms. The van der Waals surface area contributed by atoms with Gasteiger partial charge in [-0.3, -0.25) is 4.98 Å². The van der Waals surface area contributed by atoms with Crippen LogP contribution in [0.4, 0.5) is 22.7 Å². The molecule has 0 aliphatic carbocycles. The van der Waals surface area contributed by atoms with Crippen LogP contribution in [0.3, 0.4) is 0 Å². The molecule has 4 nitrogen and oxygen atoms in total. The van der Waals surface area contributed by atoms with Gasteiger partial charge in [0.2, 0.25) is 0 Å². The summed E-state index contributed by atoms with van der Waals surface area (Å²) < 4.78 is 0. The Labute approximate surface area is 271 Å². The molecule has 0 bridgehead atoms. The van der Waals surface area contributed by atoms with Crippen molar-refractivity contribution in [3.8, 4) is 33.5 Å². The summed E-state index contributed by atoms with van der Waals surface area (Å²) >= 11 is 0. The van der Waals surface area contributed by atoms with Gasteiger partial charge in [-0.25, -0.2) is 0 Å². The van der Waals surface area contributed by atoms with E-state index in [4.69, 9.17) is 4.98 Å². The molecule has 0 amide bonds. The molecule has 0 fully saturated rings. The lowest BCUT2D eigenvalue weighted by Crippen LogP contribution is -2.59. The first kappa shape index (κ1) is 26.8. The maximum Gasteiger partial charge on any atom is 0.329 e. The third kappa shape index (κ3) is 3.98. The molecule has 220 valence electrons. The van der Waals surface area contributed by atoms with E-state index in [2.05, 4.69) is 163 Å². The summed E-state index contributed by atoms with van der Waals surface area (Å²) in [7, 11) is 0. The third-order valence-electron chi connectivity index (χ3n) is 10.1. The van der Waals surface area contributed by atoms with Crippen LogP contribution in [0.1, 0.15) is 19.4 Å². The minimum Gasteiger partial charge on any atom is -0.376 e. The number of aryl methyl sites for hydroxylation is 1. The van der Waals surface area contributed by atoms with Crippen LogP contribution in [0.2, 0.25) is 0 Å². The lowest BCUT2D eigenvalue weighted by atomic mass is 9.43. The SMILES string of the molecule is CC1=C(C)N(c2ccc3c(c2)N2B(c4ccccc4-c4ccc(-c5cc(C)ccn5)cc42)c2ccccc2-3)CN1c1ccccc1. The number of hydrogen-bond acceptors (Lipinski definition) is 4.